The first-order valence-electron chi connectivity index (χ1n) is 9.92. The van der Waals surface area contributed by atoms with Gasteiger partial charge in [0.1, 0.15) is 5.82 Å². The number of carbonyl (C=O) groups excluding carboxylic acids is 2. The fourth-order valence-electron chi connectivity index (χ4n) is 3.38. The van der Waals surface area contributed by atoms with Gasteiger partial charge in [-0.2, -0.15) is 13.2 Å². The molecule has 1 N–H and O–H groups in total. The third-order valence-corrected chi connectivity index (χ3v) is 5.31. The Balaban J connectivity index is 1.47. The summed E-state index contributed by atoms with van der Waals surface area (Å²) in [6.07, 6.45) is -2.90. The molecule has 1 saturated heterocycles. The highest BCUT2D eigenvalue weighted by Crippen LogP contribution is 2.36. The first kappa shape index (κ1) is 23.8. The first-order chi connectivity index (χ1) is 15.1. The molecule has 0 spiro atoms. The van der Waals surface area contributed by atoms with Crippen molar-refractivity contribution in [2.24, 2.45) is 0 Å². The van der Waals surface area contributed by atoms with Gasteiger partial charge in [0, 0.05) is 38.1 Å². The summed E-state index contributed by atoms with van der Waals surface area (Å²) in [5.74, 6) is 0.215. The normalized spacial score (nSPS) is 14.6. The molecule has 0 unspecified atom stereocenters. The number of nitrogens with zero attached hydrogens (tertiary/aromatic N) is 4. The van der Waals surface area contributed by atoms with Crippen LogP contribution < -0.4 is 10.2 Å². The lowest BCUT2D eigenvalue weighted by Gasteiger charge is -2.36. The summed E-state index contributed by atoms with van der Waals surface area (Å²) in [6, 6.07) is 8.83. The molecule has 0 radical (unpaired) electrons. The summed E-state index contributed by atoms with van der Waals surface area (Å²) in [5.41, 5.74) is -1.04. The van der Waals surface area contributed by atoms with Gasteiger partial charge in [0.15, 0.2) is 0 Å². The second kappa shape index (κ2) is 10.2. The molecule has 0 aliphatic carbocycles. The highest BCUT2D eigenvalue weighted by molar-refractivity contribution is 6.31. The number of hydrogen-bond acceptors (Lipinski definition) is 5. The molecule has 1 fully saturated rings. The molecule has 2 aromatic rings. The minimum absolute atomic E-state index is 0.0166. The number of carbonyl (C=O) groups is 2. The van der Waals surface area contributed by atoms with Gasteiger partial charge < -0.3 is 15.1 Å². The quantitative estimate of drug-likeness (QED) is 0.704. The van der Waals surface area contributed by atoms with Crippen molar-refractivity contribution in [3.63, 3.8) is 0 Å². The molecule has 0 saturated carbocycles. The van der Waals surface area contributed by atoms with E-state index >= 15 is 0 Å². The predicted octanol–water partition coefficient (Wildman–Crippen LogP) is 2.97. The zero-order chi connectivity index (χ0) is 23.3. The Morgan fingerprint density at radius 1 is 1.12 bits per heavy atom. The van der Waals surface area contributed by atoms with Crippen molar-refractivity contribution >= 4 is 34.9 Å². The molecule has 2 heterocycles. The van der Waals surface area contributed by atoms with E-state index in [9.17, 15) is 22.8 Å². The van der Waals surface area contributed by atoms with Crippen molar-refractivity contribution in [3.8, 4) is 0 Å². The van der Waals surface area contributed by atoms with E-state index in [0.717, 1.165) is 18.0 Å². The number of nitrogens with one attached hydrogen (secondary N) is 1. The Labute approximate surface area is 188 Å². The number of alkyl halides is 3. The molecule has 0 bridgehead atoms. The van der Waals surface area contributed by atoms with Crippen molar-refractivity contribution < 1.29 is 22.8 Å². The molecule has 1 aromatic heterocycles. The number of amides is 2. The van der Waals surface area contributed by atoms with Crippen LogP contribution in [0.1, 0.15) is 5.56 Å². The molecule has 0 atom stereocenters. The zero-order valence-electron chi connectivity index (χ0n) is 17.4. The van der Waals surface area contributed by atoms with Gasteiger partial charge in [0.25, 0.3) is 0 Å². The van der Waals surface area contributed by atoms with Gasteiger partial charge in [-0.05, 0) is 37.4 Å². The Hall–Kier alpha value is -2.85. The monoisotopic (exact) mass is 469 g/mol. The summed E-state index contributed by atoms with van der Waals surface area (Å²) < 4.78 is 38.9. The molecule has 2 amide bonds. The zero-order valence-corrected chi connectivity index (χ0v) is 18.2. The van der Waals surface area contributed by atoms with Crippen molar-refractivity contribution in [2.45, 2.75) is 6.18 Å². The van der Waals surface area contributed by atoms with Crippen molar-refractivity contribution in [2.75, 3.05) is 56.5 Å². The summed E-state index contributed by atoms with van der Waals surface area (Å²) in [7, 11) is 1.60. The molecule has 11 heteroatoms. The second-order valence-corrected chi connectivity index (χ2v) is 7.88. The van der Waals surface area contributed by atoms with Gasteiger partial charge in [-0.3, -0.25) is 14.5 Å². The van der Waals surface area contributed by atoms with E-state index in [-0.39, 0.29) is 24.7 Å². The van der Waals surface area contributed by atoms with E-state index in [1.165, 1.54) is 11.0 Å². The van der Waals surface area contributed by atoms with Gasteiger partial charge in [-0.25, -0.2) is 4.98 Å². The van der Waals surface area contributed by atoms with Crippen molar-refractivity contribution in [1.29, 1.82) is 0 Å². The first-order valence-corrected chi connectivity index (χ1v) is 10.3. The van der Waals surface area contributed by atoms with E-state index in [2.05, 4.69) is 15.2 Å². The molecule has 3 rings (SSSR count). The van der Waals surface area contributed by atoms with E-state index in [0.29, 0.717) is 26.2 Å². The number of pyridine rings is 1. The number of aromatic nitrogens is 1. The molecule has 1 aromatic carbocycles. The van der Waals surface area contributed by atoms with E-state index in [1.807, 2.05) is 18.2 Å². The Kier molecular flexibility index (Phi) is 7.57. The average molecular weight is 470 g/mol. The summed E-state index contributed by atoms with van der Waals surface area (Å²) in [5, 5.41) is 1.97. The molecule has 1 aliphatic heterocycles. The maximum absolute atomic E-state index is 13.0. The van der Waals surface area contributed by atoms with Gasteiger partial charge in [-0.1, -0.05) is 17.7 Å². The van der Waals surface area contributed by atoms with Crippen molar-refractivity contribution in [3.05, 3.63) is 53.2 Å². The third-order valence-electron chi connectivity index (χ3n) is 4.98. The molecule has 1 aliphatic rings. The summed E-state index contributed by atoms with van der Waals surface area (Å²) in [4.78, 5) is 34.4. The number of rotatable bonds is 6. The topological polar surface area (TPSA) is 68.8 Å². The number of piperazine rings is 1. The number of benzene rings is 1. The van der Waals surface area contributed by atoms with Crippen LogP contribution >= 0.6 is 11.6 Å². The largest absolute Gasteiger partial charge is 0.417 e. The van der Waals surface area contributed by atoms with Crippen LogP contribution in [-0.2, 0) is 15.8 Å². The minimum Gasteiger partial charge on any atom is -0.353 e. The molecular formula is C21H23ClF3N5O2. The van der Waals surface area contributed by atoms with Crippen LogP contribution in [0.5, 0.6) is 0 Å². The van der Waals surface area contributed by atoms with Gasteiger partial charge >= 0.3 is 6.18 Å². The summed E-state index contributed by atoms with van der Waals surface area (Å²) >= 11 is 5.59. The van der Waals surface area contributed by atoms with Gasteiger partial charge in [-0.15, -0.1) is 0 Å². The minimum atomic E-state index is -4.62. The van der Waals surface area contributed by atoms with Crippen LogP contribution in [0.2, 0.25) is 5.02 Å². The molecule has 7 nitrogen and oxygen atoms in total. The highest BCUT2D eigenvalue weighted by atomic mass is 35.5. The van der Waals surface area contributed by atoms with Crippen LogP contribution in [0.25, 0.3) is 0 Å². The number of likely N-dealkylation sites (N-methyl/N-ethyl adjacent to an activating group) is 1. The Morgan fingerprint density at radius 2 is 1.84 bits per heavy atom. The van der Waals surface area contributed by atoms with Gasteiger partial charge in [0.05, 0.1) is 23.7 Å². The maximum atomic E-state index is 13.0. The van der Waals surface area contributed by atoms with Crippen molar-refractivity contribution in [1.82, 2.24) is 14.8 Å². The lowest BCUT2D eigenvalue weighted by atomic mass is 10.2. The number of anilines is 2. The SMILES string of the molecule is CN(CC(=O)Nc1ccc(Cl)c(C(F)(F)F)c1)CC(=O)N1CCN(c2ccccn2)CC1. The van der Waals surface area contributed by atoms with Crippen LogP contribution in [0, 0.1) is 0 Å². The Bertz CT molecular complexity index is 950. The fourth-order valence-corrected chi connectivity index (χ4v) is 3.60. The maximum Gasteiger partial charge on any atom is 0.417 e. The van der Waals surface area contributed by atoms with E-state index in [4.69, 9.17) is 11.6 Å². The van der Waals surface area contributed by atoms with Crippen LogP contribution in [0.4, 0.5) is 24.7 Å². The molecular weight excluding hydrogens is 447 g/mol. The third kappa shape index (κ3) is 6.33. The number of halogens is 4. The van der Waals surface area contributed by atoms with Gasteiger partial charge in [0.2, 0.25) is 11.8 Å². The second-order valence-electron chi connectivity index (χ2n) is 7.47. The molecule has 32 heavy (non-hydrogen) atoms. The van der Waals surface area contributed by atoms with Crippen LogP contribution in [0.15, 0.2) is 42.6 Å². The van der Waals surface area contributed by atoms with Crippen LogP contribution in [-0.4, -0.2) is 72.9 Å². The standard InChI is InChI=1S/C21H23ClF3N5O2/c1-28(13-19(31)27-15-5-6-17(22)16(12-15)21(23,24)25)14-20(32)30-10-8-29(9-11-30)18-4-2-3-7-26-18/h2-7,12H,8-11,13-14H2,1H3,(H,27,31). The highest BCUT2D eigenvalue weighted by Gasteiger charge is 2.33. The lowest BCUT2D eigenvalue weighted by molar-refractivity contribution is -0.137. The fraction of sp³-hybridized carbons (Fsp3) is 0.381. The smallest absolute Gasteiger partial charge is 0.353 e. The average Bonchev–Trinajstić information content (AvgIpc) is 2.75. The van der Waals surface area contributed by atoms with E-state index < -0.39 is 22.7 Å². The number of hydrogen-bond donors (Lipinski definition) is 1. The van der Waals surface area contributed by atoms with Crippen LogP contribution in [0.3, 0.4) is 0 Å². The predicted molar refractivity (Wildman–Crippen MR) is 116 cm³/mol. The molecule has 172 valence electrons. The summed E-state index contributed by atoms with van der Waals surface area (Å²) in [6.45, 7) is 2.27. The Morgan fingerprint density at radius 3 is 2.47 bits per heavy atom. The van der Waals surface area contributed by atoms with E-state index in [1.54, 1.807) is 18.1 Å². The lowest BCUT2D eigenvalue weighted by Crippen LogP contribution is -2.51.